The van der Waals surface area contributed by atoms with E-state index in [0.717, 1.165) is 16.9 Å². The molecule has 0 spiro atoms. The second-order valence-corrected chi connectivity index (χ2v) is 8.21. The van der Waals surface area contributed by atoms with Crippen LogP contribution in [0.3, 0.4) is 0 Å². The Kier molecular flexibility index (Phi) is 5.31. The zero-order valence-corrected chi connectivity index (χ0v) is 16.1. The molecule has 1 N–H and O–H groups in total. The van der Waals surface area contributed by atoms with Crippen molar-refractivity contribution in [2.75, 3.05) is 26.2 Å². The summed E-state index contributed by atoms with van der Waals surface area (Å²) in [6.07, 6.45) is 3.98. The monoisotopic (exact) mass is 376 g/mol. The van der Waals surface area contributed by atoms with Gasteiger partial charge in [0.2, 0.25) is 0 Å². The van der Waals surface area contributed by atoms with Crippen molar-refractivity contribution in [1.29, 1.82) is 0 Å². The van der Waals surface area contributed by atoms with Gasteiger partial charge < -0.3 is 14.5 Å². The van der Waals surface area contributed by atoms with Crippen molar-refractivity contribution in [3.8, 4) is 10.4 Å². The quantitative estimate of drug-likeness (QED) is 0.873. The lowest BCUT2D eigenvalue weighted by Crippen LogP contribution is -2.40. The van der Waals surface area contributed by atoms with Crippen LogP contribution < -0.4 is 0 Å². The van der Waals surface area contributed by atoms with Crippen molar-refractivity contribution in [2.45, 2.75) is 32.8 Å². The molecule has 8 heteroatoms. The number of aromatic nitrogens is 2. The number of carbonyl (C=O) groups excluding carboxylic acids is 2. The number of nitrogens with zero attached hydrogens (tertiary/aromatic N) is 3. The van der Waals surface area contributed by atoms with Crippen LogP contribution in [-0.4, -0.2) is 63.8 Å². The molecule has 140 valence electrons. The lowest BCUT2D eigenvalue weighted by molar-refractivity contribution is 0.0255. The Morgan fingerprint density at radius 1 is 1.19 bits per heavy atom. The summed E-state index contributed by atoms with van der Waals surface area (Å²) in [4.78, 5) is 29.6. The Morgan fingerprint density at radius 3 is 2.62 bits per heavy atom. The number of hydrogen-bond acceptors (Lipinski definition) is 5. The summed E-state index contributed by atoms with van der Waals surface area (Å²) < 4.78 is 5.43. The molecule has 0 saturated carbocycles. The fraction of sp³-hybridized carbons (Fsp3) is 0.500. The molecule has 2 aromatic heterocycles. The maximum Gasteiger partial charge on any atom is 0.410 e. The SMILES string of the molecule is CC(C)(C)OC(=O)N1CCCN(C(=O)c2csc(-c3cn[nH]c3)c2)CC1. The van der Waals surface area contributed by atoms with Gasteiger partial charge in [-0.3, -0.25) is 9.89 Å². The molecule has 0 unspecified atom stereocenters. The van der Waals surface area contributed by atoms with E-state index in [1.54, 1.807) is 11.1 Å². The lowest BCUT2D eigenvalue weighted by Gasteiger charge is -2.26. The van der Waals surface area contributed by atoms with Crippen LogP contribution in [0, 0.1) is 0 Å². The van der Waals surface area contributed by atoms with Crippen LogP contribution in [0.25, 0.3) is 10.4 Å². The maximum atomic E-state index is 12.8. The third kappa shape index (κ3) is 4.43. The average molecular weight is 376 g/mol. The second-order valence-electron chi connectivity index (χ2n) is 7.30. The van der Waals surface area contributed by atoms with Gasteiger partial charge in [-0.25, -0.2) is 4.79 Å². The highest BCUT2D eigenvalue weighted by Gasteiger charge is 2.26. The Bertz CT molecular complexity index is 764. The molecule has 0 radical (unpaired) electrons. The number of rotatable bonds is 2. The zero-order chi connectivity index (χ0) is 18.7. The predicted molar refractivity (Wildman–Crippen MR) is 100 cm³/mol. The Hall–Kier alpha value is -2.35. The molecule has 0 aromatic carbocycles. The van der Waals surface area contributed by atoms with Crippen molar-refractivity contribution in [3.05, 3.63) is 29.4 Å². The highest BCUT2D eigenvalue weighted by molar-refractivity contribution is 7.13. The van der Waals surface area contributed by atoms with Gasteiger partial charge in [0, 0.05) is 48.2 Å². The third-order valence-corrected chi connectivity index (χ3v) is 5.04. The summed E-state index contributed by atoms with van der Waals surface area (Å²) in [6, 6.07) is 1.90. The molecular formula is C18H24N4O3S. The van der Waals surface area contributed by atoms with E-state index < -0.39 is 5.60 Å². The molecular weight excluding hydrogens is 352 g/mol. The average Bonchev–Trinajstić information content (AvgIpc) is 3.19. The van der Waals surface area contributed by atoms with Gasteiger partial charge in [0.25, 0.3) is 5.91 Å². The molecule has 3 heterocycles. The van der Waals surface area contributed by atoms with Crippen LogP contribution >= 0.6 is 11.3 Å². The minimum Gasteiger partial charge on any atom is -0.444 e. The molecule has 3 rings (SSSR count). The fourth-order valence-corrected chi connectivity index (χ4v) is 3.66. The number of hydrogen-bond donors (Lipinski definition) is 1. The van der Waals surface area contributed by atoms with Gasteiger partial charge in [-0.2, -0.15) is 5.10 Å². The first-order chi connectivity index (χ1) is 12.3. The van der Waals surface area contributed by atoms with Crippen LogP contribution in [-0.2, 0) is 4.74 Å². The van der Waals surface area contributed by atoms with Crippen LogP contribution in [0.5, 0.6) is 0 Å². The number of ether oxygens (including phenoxy) is 1. The molecule has 7 nitrogen and oxygen atoms in total. The molecule has 0 aliphatic carbocycles. The number of amides is 2. The van der Waals surface area contributed by atoms with Gasteiger partial charge in [0.1, 0.15) is 5.60 Å². The normalized spacial score (nSPS) is 15.7. The first-order valence-electron chi connectivity index (χ1n) is 8.68. The molecule has 0 atom stereocenters. The van der Waals surface area contributed by atoms with Gasteiger partial charge in [0.05, 0.1) is 11.8 Å². The van der Waals surface area contributed by atoms with Gasteiger partial charge in [-0.1, -0.05) is 0 Å². The van der Waals surface area contributed by atoms with E-state index in [1.807, 2.05) is 43.3 Å². The van der Waals surface area contributed by atoms with E-state index in [9.17, 15) is 9.59 Å². The van der Waals surface area contributed by atoms with Gasteiger partial charge in [0.15, 0.2) is 0 Å². The number of H-pyrrole nitrogens is 1. The van der Waals surface area contributed by atoms with Crippen molar-refractivity contribution in [1.82, 2.24) is 20.0 Å². The summed E-state index contributed by atoms with van der Waals surface area (Å²) in [5.74, 6) is 0.00188. The van der Waals surface area contributed by atoms with Crippen LogP contribution in [0.1, 0.15) is 37.6 Å². The third-order valence-electron chi connectivity index (χ3n) is 4.06. The highest BCUT2D eigenvalue weighted by atomic mass is 32.1. The summed E-state index contributed by atoms with van der Waals surface area (Å²) >= 11 is 1.52. The van der Waals surface area contributed by atoms with E-state index in [0.29, 0.717) is 31.7 Å². The Morgan fingerprint density at radius 2 is 1.92 bits per heavy atom. The molecule has 0 bridgehead atoms. The van der Waals surface area contributed by atoms with Crippen molar-refractivity contribution < 1.29 is 14.3 Å². The number of carbonyl (C=O) groups is 2. The van der Waals surface area contributed by atoms with Crippen molar-refractivity contribution >= 4 is 23.3 Å². The molecule has 2 amide bonds. The van der Waals surface area contributed by atoms with Gasteiger partial charge in [-0.05, 0) is 33.3 Å². The summed E-state index contributed by atoms with van der Waals surface area (Å²) in [6.45, 7) is 7.79. The van der Waals surface area contributed by atoms with E-state index in [1.165, 1.54) is 11.3 Å². The smallest absolute Gasteiger partial charge is 0.410 e. The number of thiophene rings is 1. The Balaban J connectivity index is 1.62. The van der Waals surface area contributed by atoms with E-state index in [-0.39, 0.29) is 12.0 Å². The Labute approximate surface area is 156 Å². The molecule has 1 fully saturated rings. The van der Waals surface area contributed by atoms with E-state index in [2.05, 4.69) is 10.2 Å². The van der Waals surface area contributed by atoms with E-state index >= 15 is 0 Å². The highest BCUT2D eigenvalue weighted by Crippen LogP contribution is 2.27. The van der Waals surface area contributed by atoms with Crippen molar-refractivity contribution in [3.63, 3.8) is 0 Å². The summed E-state index contributed by atoms with van der Waals surface area (Å²) in [5.41, 5.74) is 1.14. The minimum absolute atomic E-state index is 0.00188. The van der Waals surface area contributed by atoms with Crippen LogP contribution in [0.15, 0.2) is 23.8 Å². The first-order valence-corrected chi connectivity index (χ1v) is 9.56. The molecule has 26 heavy (non-hydrogen) atoms. The predicted octanol–water partition coefficient (Wildman–Crippen LogP) is 3.22. The topological polar surface area (TPSA) is 78.5 Å². The second kappa shape index (κ2) is 7.49. The molecule has 2 aromatic rings. The first kappa shape index (κ1) is 18.4. The van der Waals surface area contributed by atoms with Gasteiger partial charge >= 0.3 is 6.09 Å². The standard InChI is InChI=1S/C18H24N4O3S/c1-18(2,3)25-17(24)22-6-4-5-21(7-8-22)16(23)13-9-15(26-12-13)14-10-19-20-11-14/h9-12H,4-8H2,1-3H3,(H,19,20). The largest absolute Gasteiger partial charge is 0.444 e. The van der Waals surface area contributed by atoms with E-state index in [4.69, 9.17) is 4.74 Å². The summed E-state index contributed by atoms with van der Waals surface area (Å²) in [5, 5.41) is 8.60. The molecule has 1 saturated heterocycles. The number of nitrogens with one attached hydrogen (secondary N) is 1. The molecule has 1 aliphatic rings. The fourth-order valence-electron chi connectivity index (χ4n) is 2.80. The van der Waals surface area contributed by atoms with Gasteiger partial charge in [-0.15, -0.1) is 11.3 Å². The molecule has 1 aliphatic heterocycles. The number of aromatic amines is 1. The minimum atomic E-state index is -0.515. The maximum absolute atomic E-state index is 12.8. The van der Waals surface area contributed by atoms with Crippen LogP contribution in [0.4, 0.5) is 4.79 Å². The zero-order valence-electron chi connectivity index (χ0n) is 15.3. The summed E-state index contributed by atoms with van der Waals surface area (Å²) in [7, 11) is 0. The lowest BCUT2D eigenvalue weighted by atomic mass is 10.2. The van der Waals surface area contributed by atoms with Crippen LogP contribution in [0.2, 0.25) is 0 Å². The van der Waals surface area contributed by atoms with Crippen molar-refractivity contribution in [2.24, 2.45) is 0 Å².